The fourth-order valence-electron chi connectivity index (χ4n) is 2.59. The van der Waals surface area contributed by atoms with Gasteiger partial charge >= 0.3 is 0 Å². The summed E-state index contributed by atoms with van der Waals surface area (Å²) in [4.78, 5) is 11.8. The SMILES string of the molecule is CC1=CCC(/C=N/NC(=O)COc2c(C)cc(C)cc2Br)CC1. The van der Waals surface area contributed by atoms with Crippen molar-refractivity contribution >= 4 is 28.1 Å². The van der Waals surface area contributed by atoms with Gasteiger partial charge in [-0.2, -0.15) is 5.10 Å². The van der Waals surface area contributed by atoms with Crippen LogP contribution >= 0.6 is 15.9 Å². The van der Waals surface area contributed by atoms with E-state index in [0.717, 1.165) is 34.9 Å². The average molecular weight is 379 g/mol. The molecule has 0 spiro atoms. The van der Waals surface area contributed by atoms with E-state index in [-0.39, 0.29) is 12.5 Å². The van der Waals surface area contributed by atoms with Crippen LogP contribution in [0.25, 0.3) is 0 Å². The van der Waals surface area contributed by atoms with Crippen molar-refractivity contribution in [1.82, 2.24) is 5.43 Å². The Morgan fingerprint density at radius 2 is 2.22 bits per heavy atom. The molecule has 124 valence electrons. The minimum atomic E-state index is -0.254. The number of nitrogens with zero attached hydrogens (tertiary/aromatic N) is 1. The molecule has 0 radical (unpaired) electrons. The maximum Gasteiger partial charge on any atom is 0.277 e. The zero-order valence-electron chi connectivity index (χ0n) is 13.9. The Bertz CT molecular complexity index is 615. The summed E-state index contributed by atoms with van der Waals surface area (Å²) < 4.78 is 6.46. The molecule has 0 aliphatic heterocycles. The Morgan fingerprint density at radius 3 is 2.87 bits per heavy atom. The highest BCUT2D eigenvalue weighted by Gasteiger charge is 2.11. The fraction of sp³-hybridized carbons (Fsp3) is 0.444. The minimum Gasteiger partial charge on any atom is -0.482 e. The first kappa shape index (κ1) is 17.7. The molecule has 0 bridgehead atoms. The van der Waals surface area contributed by atoms with E-state index in [4.69, 9.17) is 4.74 Å². The monoisotopic (exact) mass is 378 g/mol. The number of hydrazone groups is 1. The maximum atomic E-state index is 11.8. The quantitative estimate of drug-likeness (QED) is 0.471. The number of allylic oxidation sites excluding steroid dienone is 2. The Hall–Kier alpha value is -1.62. The Labute approximate surface area is 146 Å². The van der Waals surface area contributed by atoms with Crippen molar-refractivity contribution in [2.75, 3.05) is 6.61 Å². The molecule has 0 aromatic heterocycles. The lowest BCUT2D eigenvalue weighted by atomic mass is 9.91. The summed E-state index contributed by atoms with van der Waals surface area (Å²) in [5.74, 6) is 0.853. The molecule has 1 unspecified atom stereocenters. The second-order valence-corrected chi connectivity index (χ2v) is 6.93. The third-order valence-electron chi connectivity index (χ3n) is 3.87. The molecule has 4 nitrogen and oxygen atoms in total. The molecule has 1 aliphatic carbocycles. The van der Waals surface area contributed by atoms with Gasteiger partial charge in [0, 0.05) is 6.21 Å². The van der Waals surface area contributed by atoms with Crippen LogP contribution in [-0.4, -0.2) is 18.7 Å². The summed E-state index contributed by atoms with van der Waals surface area (Å²) in [5, 5.41) is 4.05. The van der Waals surface area contributed by atoms with E-state index in [0.29, 0.717) is 11.7 Å². The second kappa shape index (κ2) is 8.29. The summed E-state index contributed by atoms with van der Waals surface area (Å²) in [5.41, 5.74) is 6.11. The molecule has 1 N–H and O–H groups in total. The van der Waals surface area contributed by atoms with Crippen LogP contribution in [0.3, 0.4) is 0 Å². The standard InChI is InChI=1S/C18H23BrN2O2/c1-12-4-6-15(7-5-12)10-20-21-17(22)11-23-18-14(3)8-13(2)9-16(18)19/h4,8-10,15H,5-7,11H2,1-3H3,(H,21,22)/b20-10+. The smallest absolute Gasteiger partial charge is 0.277 e. The van der Waals surface area contributed by atoms with Crippen LogP contribution in [-0.2, 0) is 4.79 Å². The van der Waals surface area contributed by atoms with Crippen molar-refractivity contribution in [3.05, 3.63) is 39.4 Å². The van der Waals surface area contributed by atoms with Crippen molar-refractivity contribution in [2.45, 2.75) is 40.0 Å². The lowest BCUT2D eigenvalue weighted by Gasteiger charge is -2.15. The predicted molar refractivity (Wildman–Crippen MR) is 96.8 cm³/mol. The zero-order valence-corrected chi connectivity index (χ0v) is 15.4. The number of halogens is 1. The van der Waals surface area contributed by atoms with Crippen LogP contribution in [0.5, 0.6) is 5.75 Å². The average Bonchev–Trinajstić information content (AvgIpc) is 2.48. The maximum absolute atomic E-state index is 11.8. The molecular formula is C18H23BrN2O2. The van der Waals surface area contributed by atoms with Gasteiger partial charge in [-0.3, -0.25) is 4.79 Å². The molecule has 23 heavy (non-hydrogen) atoms. The first-order chi connectivity index (χ1) is 11.0. The fourth-order valence-corrected chi connectivity index (χ4v) is 3.38. The lowest BCUT2D eigenvalue weighted by Crippen LogP contribution is -2.25. The van der Waals surface area contributed by atoms with E-state index in [1.165, 1.54) is 5.57 Å². The van der Waals surface area contributed by atoms with E-state index in [1.54, 1.807) is 0 Å². The van der Waals surface area contributed by atoms with Crippen molar-refractivity contribution in [1.29, 1.82) is 0 Å². The minimum absolute atomic E-state index is 0.0521. The third kappa shape index (κ3) is 5.50. The van der Waals surface area contributed by atoms with Gasteiger partial charge in [-0.15, -0.1) is 0 Å². The number of hydrogen-bond donors (Lipinski definition) is 1. The largest absolute Gasteiger partial charge is 0.482 e. The lowest BCUT2D eigenvalue weighted by molar-refractivity contribution is -0.123. The highest BCUT2D eigenvalue weighted by atomic mass is 79.9. The van der Waals surface area contributed by atoms with Gasteiger partial charge in [0.05, 0.1) is 4.47 Å². The van der Waals surface area contributed by atoms with Crippen molar-refractivity contribution < 1.29 is 9.53 Å². The number of amides is 1. The normalized spacial score (nSPS) is 17.9. The van der Waals surface area contributed by atoms with Gasteiger partial charge in [-0.1, -0.05) is 17.7 Å². The number of rotatable bonds is 5. The van der Waals surface area contributed by atoms with Gasteiger partial charge in [0.1, 0.15) is 5.75 Å². The number of carbonyl (C=O) groups excluding carboxylic acids is 1. The van der Waals surface area contributed by atoms with E-state index in [9.17, 15) is 4.79 Å². The van der Waals surface area contributed by atoms with Crippen LogP contribution in [0.2, 0.25) is 0 Å². The summed E-state index contributed by atoms with van der Waals surface area (Å²) in [6.45, 7) is 6.08. The summed E-state index contributed by atoms with van der Waals surface area (Å²) >= 11 is 3.47. The van der Waals surface area contributed by atoms with Crippen LogP contribution < -0.4 is 10.2 Å². The molecular weight excluding hydrogens is 356 g/mol. The van der Waals surface area contributed by atoms with E-state index < -0.39 is 0 Å². The Balaban J connectivity index is 1.80. The Kier molecular flexibility index (Phi) is 6.39. The second-order valence-electron chi connectivity index (χ2n) is 6.08. The van der Waals surface area contributed by atoms with Gasteiger partial charge in [-0.05, 0) is 79.1 Å². The molecule has 1 aromatic carbocycles. The molecule has 5 heteroatoms. The molecule has 2 rings (SSSR count). The van der Waals surface area contributed by atoms with Crippen LogP contribution in [0, 0.1) is 19.8 Å². The third-order valence-corrected chi connectivity index (χ3v) is 4.46. The number of carbonyl (C=O) groups is 1. The highest BCUT2D eigenvalue weighted by molar-refractivity contribution is 9.10. The van der Waals surface area contributed by atoms with Crippen molar-refractivity contribution in [2.24, 2.45) is 11.0 Å². The van der Waals surface area contributed by atoms with Crippen molar-refractivity contribution in [3.8, 4) is 5.75 Å². The van der Waals surface area contributed by atoms with Gasteiger partial charge in [0.2, 0.25) is 0 Å². The summed E-state index contributed by atoms with van der Waals surface area (Å²) in [6, 6.07) is 3.99. The first-order valence-electron chi connectivity index (χ1n) is 7.83. The van der Waals surface area contributed by atoms with E-state index in [1.807, 2.05) is 32.2 Å². The molecule has 0 saturated heterocycles. The van der Waals surface area contributed by atoms with Gasteiger partial charge in [0.15, 0.2) is 6.61 Å². The predicted octanol–water partition coefficient (Wildman–Crippen LogP) is 4.29. The summed E-state index contributed by atoms with van der Waals surface area (Å²) in [6.07, 6.45) is 7.26. The Morgan fingerprint density at radius 1 is 1.43 bits per heavy atom. The van der Waals surface area contributed by atoms with Crippen molar-refractivity contribution in [3.63, 3.8) is 0 Å². The van der Waals surface area contributed by atoms with Crippen LogP contribution in [0.1, 0.15) is 37.3 Å². The zero-order chi connectivity index (χ0) is 16.8. The molecule has 0 saturated carbocycles. The van der Waals surface area contributed by atoms with Gasteiger partial charge in [0.25, 0.3) is 5.91 Å². The number of nitrogens with one attached hydrogen (secondary N) is 1. The van der Waals surface area contributed by atoms with E-state index in [2.05, 4.69) is 39.5 Å². The number of ether oxygens (including phenoxy) is 1. The van der Waals surface area contributed by atoms with Gasteiger partial charge in [-0.25, -0.2) is 5.43 Å². The molecule has 1 atom stereocenters. The number of aryl methyl sites for hydroxylation is 2. The highest BCUT2D eigenvalue weighted by Crippen LogP contribution is 2.30. The first-order valence-corrected chi connectivity index (χ1v) is 8.62. The van der Waals surface area contributed by atoms with E-state index >= 15 is 0 Å². The van der Waals surface area contributed by atoms with Crippen LogP contribution in [0.4, 0.5) is 0 Å². The molecule has 0 heterocycles. The van der Waals surface area contributed by atoms with Gasteiger partial charge < -0.3 is 4.74 Å². The summed E-state index contributed by atoms with van der Waals surface area (Å²) in [7, 11) is 0. The molecule has 1 amide bonds. The number of hydrogen-bond acceptors (Lipinski definition) is 3. The molecule has 1 aliphatic rings. The van der Waals surface area contributed by atoms with Crippen LogP contribution in [0.15, 0.2) is 33.4 Å². The molecule has 1 aromatic rings. The molecule has 0 fully saturated rings. The number of benzene rings is 1. The topological polar surface area (TPSA) is 50.7 Å².